The molecule has 1 unspecified atom stereocenters. The normalized spacial score (nSPS) is 11.5. The van der Waals surface area contributed by atoms with Crippen molar-refractivity contribution in [1.29, 1.82) is 0 Å². The Balaban J connectivity index is 0.00000361. The van der Waals surface area contributed by atoms with E-state index in [2.05, 4.69) is 6.92 Å². The summed E-state index contributed by atoms with van der Waals surface area (Å²) < 4.78 is 5.44. The van der Waals surface area contributed by atoms with Gasteiger partial charge in [-0.1, -0.05) is 50.1 Å². The second-order valence-corrected chi connectivity index (χ2v) is 4.70. The Kier molecular flexibility index (Phi) is 10.2. The fourth-order valence-electron chi connectivity index (χ4n) is 1.88. The summed E-state index contributed by atoms with van der Waals surface area (Å²) in [4.78, 5) is 23.6. The summed E-state index contributed by atoms with van der Waals surface area (Å²) in [5, 5.41) is 0. The van der Waals surface area contributed by atoms with Crippen molar-refractivity contribution in [2.45, 2.75) is 45.6 Å². The Bertz CT molecular complexity index is 403. The van der Waals surface area contributed by atoms with Crippen molar-refractivity contribution in [1.82, 2.24) is 0 Å². The third-order valence-corrected chi connectivity index (χ3v) is 2.92. The van der Waals surface area contributed by atoms with Gasteiger partial charge in [0.2, 0.25) is 0 Å². The van der Waals surface area contributed by atoms with Gasteiger partial charge in [-0.15, -0.1) is 0 Å². The zero-order valence-corrected chi connectivity index (χ0v) is 13.1. The average Bonchev–Trinajstić information content (AvgIpc) is 2.39. The number of rotatable bonds is 9. The molecule has 0 bridgehead atoms. The molecule has 1 aromatic rings. The molecule has 0 N–H and O–H groups in total. The molecule has 3 nitrogen and oxygen atoms in total. The Morgan fingerprint density at radius 2 is 1.80 bits per heavy atom. The summed E-state index contributed by atoms with van der Waals surface area (Å²) in [6.45, 7) is 3.98. The smallest absolute Gasteiger partial charge is 0.174 e. The van der Waals surface area contributed by atoms with Gasteiger partial charge in [0, 0.05) is 29.8 Å². The number of ether oxygens (including phenoxy) is 1. The van der Waals surface area contributed by atoms with E-state index in [1.54, 1.807) is 0 Å². The van der Waals surface area contributed by atoms with Gasteiger partial charge in [-0.25, -0.2) is 0 Å². The first-order valence-electron chi connectivity index (χ1n) is 6.83. The first-order chi connectivity index (χ1) is 9.15. The zero-order chi connectivity index (χ0) is 14.1. The van der Waals surface area contributed by atoms with E-state index < -0.39 is 6.10 Å². The number of ketones is 2. The summed E-state index contributed by atoms with van der Waals surface area (Å²) in [5.74, 6) is -0.368. The number of unbranched alkanes of at least 4 members (excludes halogenated alkanes) is 2. The van der Waals surface area contributed by atoms with Gasteiger partial charge < -0.3 is 4.74 Å². The van der Waals surface area contributed by atoms with E-state index >= 15 is 0 Å². The molecule has 1 rings (SSSR count). The molecule has 113 valence electrons. The van der Waals surface area contributed by atoms with E-state index in [0.29, 0.717) is 6.61 Å². The molecule has 0 saturated carbocycles. The van der Waals surface area contributed by atoms with Crippen LogP contribution >= 0.6 is 0 Å². The first kappa shape index (κ1) is 19.0. The molecule has 1 radical (unpaired) electrons. The molecule has 0 saturated heterocycles. The summed E-state index contributed by atoms with van der Waals surface area (Å²) in [6.07, 6.45) is 2.37. The molecular formula is C16H22CoO3. The second-order valence-electron chi connectivity index (χ2n) is 4.70. The molecule has 0 heterocycles. The maximum Gasteiger partial charge on any atom is 0.174 e. The van der Waals surface area contributed by atoms with Gasteiger partial charge in [0.25, 0.3) is 0 Å². The van der Waals surface area contributed by atoms with Crippen LogP contribution in [0.15, 0.2) is 30.3 Å². The third kappa shape index (κ3) is 6.98. The van der Waals surface area contributed by atoms with Gasteiger partial charge in [0.15, 0.2) is 17.7 Å². The van der Waals surface area contributed by atoms with Gasteiger partial charge in [-0.3, -0.25) is 9.59 Å². The Morgan fingerprint density at radius 3 is 2.35 bits per heavy atom. The van der Waals surface area contributed by atoms with Crippen LogP contribution in [-0.2, 0) is 37.5 Å². The van der Waals surface area contributed by atoms with Crippen LogP contribution in [0.5, 0.6) is 0 Å². The fourth-order valence-corrected chi connectivity index (χ4v) is 1.88. The maximum atomic E-state index is 12.1. The largest absolute Gasteiger partial charge is 0.363 e. The quantitative estimate of drug-likeness (QED) is 0.519. The fraction of sp³-hybridized carbons (Fsp3) is 0.500. The van der Waals surface area contributed by atoms with Crippen molar-refractivity contribution in [2.24, 2.45) is 0 Å². The average molecular weight is 321 g/mol. The molecule has 0 amide bonds. The first-order valence-corrected chi connectivity index (χ1v) is 6.83. The van der Waals surface area contributed by atoms with Crippen molar-refractivity contribution >= 4 is 11.6 Å². The van der Waals surface area contributed by atoms with Crippen molar-refractivity contribution in [3.8, 4) is 0 Å². The molecule has 20 heavy (non-hydrogen) atoms. The molecule has 0 aromatic heterocycles. The van der Waals surface area contributed by atoms with Crippen LogP contribution in [0.2, 0.25) is 0 Å². The number of carbonyl (C=O) groups excluding carboxylic acids is 2. The van der Waals surface area contributed by atoms with Crippen molar-refractivity contribution < 1.29 is 31.1 Å². The summed E-state index contributed by atoms with van der Waals surface area (Å²) in [6, 6.07) is 9.43. The van der Waals surface area contributed by atoms with E-state index in [9.17, 15) is 9.59 Å². The van der Waals surface area contributed by atoms with E-state index in [-0.39, 0.29) is 34.8 Å². The minimum absolute atomic E-state index is 0. The van der Waals surface area contributed by atoms with Crippen molar-refractivity contribution in [3.05, 3.63) is 35.9 Å². The minimum atomic E-state index is -0.905. The summed E-state index contributed by atoms with van der Waals surface area (Å²) in [7, 11) is 0. The van der Waals surface area contributed by atoms with Gasteiger partial charge in [0.1, 0.15) is 0 Å². The molecule has 0 fully saturated rings. The van der Waals surface area contributed by atoms with Crippen LogP contribution in [0.3, 0.4) is 0 Å². The molecule has 0 aliphatic heterocycles. The van der Waals surface area contributed by atoms with Crippen LogP contribution in [-0.4, -0.2) is 24.3 Å². The number of carbonyl (C=O) groups is 2. The Hall–Kier alpha value is -0.974. The monoisotopic (exact) mass is 321 g/mol. The SMILES string of the molecule is CCCCCOC(C(C)=O)C(=O)Cc1ccccc1.[Co]. The molecule has 1 aromatic carbocycles. The standard InChI is InChI=1S/C16H22O3.Co/c1-3-4-8-11-19-16(13(2)17)15(18)12-14-9-6-5-7-10-14;/h5-7,9-10,16H,3-4,8,11-12H2,1-2H3;. The van der Waals surface area contributed by atoms with E-state index in [1.165, 1.54) is 6.92 Å². The molecule has 4 heteroatoms. The van der Waals surface area contributed by atoms with E-state index in [0.717, 1.165) is 24.8 Å². The molecule has 0 spiro atoms. The van der Waals surface area contributed by atoms with Gasteiger partial charge >= 0.3 is 0 Å². The van der Waals surface area contributed by atoms with Gasteiger partial charge in [0.05, 0.1) is 0 Å². The Labute approximate surface area is 131 Å². The molecular weight excluding hydrogens is 299 g/mol. The summed E-state index contributed by atoms with van der Waals surface area (Å²) >= 11 is 0. The molecule has 0 aliphatic rings. The maximum absolute atomic E-state index is 12.1. The number of hydrogen-bond donors (Lipinski definition) is 0. The van der Waals surface area contributed by atoms with Gasteiger partial charge in [-0.05, 0) is 18.9 Å². The summed E-state index contributed by atoms with van der Waals surface area (Å²) in [5.41, 5.74) is 0.913. The van der Waals surface area contributed by atoms with Crippen LogP contribution in [0, 0.1) is 0 Å². The van der Waals surface area contributed by atoms with Crippen LogP contribution < -0.4 is 0 Å². The van der Waals surface area contributed by atoms with Crippen LogP contribution in [0.25, 0.3) is 0 Å². The predicted octanol–water partition coefficient (Wildman–Crippen LogP) is 2.96. The third-order valence-electron chi connectivity index (χ3n) is 2.92. The van der Waals surface area contributed by atoms with Crippen LogP contribution in [0.1, 0.15) is 38.7 Å². The predicted molar refractivity (Wildman–Crippen MR) is 75.1 cm³/mol. The van der Waals surface area contributed by atoms with Gasteiger partial charge in [-0.2, -0.15) is 0 Å². The zero-order valence-electron chi connectivity index (χ0n) is 12.1. The number of Topliss-reactive ketones (excluding diaryl/α,β-unsaturated/α-hetero) is 2. The van der Waals surface area contributed by atoms with E-state index in [4.69, 9.17) is 4.74 Å². The molecule has 0 aliphatic carbocycles. The van der Waals surface area contributed by atoms with Crippen molar-refractivity contribution in [2.75, 3.05) is 6.61 Å². The Morgan fingerprint density at radius 1 is 1.15 bits per heavy atom. The molecule has 1 atom stereocenters. The number of benzene rings is 1. The van der Waals surface area contributed by atoms with E-state index in [1.807, 2.05) is 30.3 Å². The van der Waals surface area contributed by atoms with Crippen LogP contribution in [0.4, 0.5) is 0 Å². The second kappa shape index (κ2) is 10.8. The minimum Gasteiger partial charge on any atom is -0.363 e. The topological polar surface area (TPSA) is 43.4 Å². The number of hydrogen-bond acceptors (Lipinski definition) is 3. The van der Waals surface area contributed by atoms with Crippen molar-refractivity contribution in [3.63, 3.8) is 0 Å².